The number of nitrogens with zero attached hydrogens (tertiary/aromatic N) is 2. The van der Waals surface area contributed by atoms with Gasteiger partial charge in [-0.3, -0.25) is 13.9 Å². The quantitative estimate of drug-likeness (QED) is 0.143. The normalized spacial score (nSPS) is 12.5. The van der Waals surface area contributed by atoms with Gasteiger partial charge in [-0.1, -0.05) is 84.7 Å². The maximum absolute atomic E-state index is 14.6. The molecule has 11 heteroatoms. The van der Waals surface area contributed by atoms with Gasteiger partial charge in [-0.25, -0.2) is 8.42 Å². The van der Waals surface area contributed by atoms with E-state index in [0.717, 1.165) is 15.4 Å². The summed E-state index contributed by atoms with van der Waals surface area (Å²) in [6.07, 6.45) is 0.901. The van der Waals surface area contributed by atoms with Crippen LogP contribution in [0, 0.1) is 0 Å². The Labute approximate surface area is 287 Å². The maximum Gasteiger partial charge on any atom is 0.264 e. The summed E-state index contributed by atoms with van der Waals surface area (Å²) >= 11 is 12.2. The van der Waals surface area contributed by atoms with Crippen LogP contribution in [0.3, 0.4) is 0 Å². The number of amides is 2. The number of para-hydroxylation sites is 2. The second kappa shape index (κ2) is 16.7. The van der Waals surface area contributed by atoms with Crippen LogP contribution < -0.4 is 14.4 Å². The third-order valence-corrected chi connectivity index (χ3v) is 9.93. The maximum atomic E-state index is 14.6. The van der Waals surface area contributed by atoms with E-state index in [4.69, 9.17) is 27.9 Å². The van der Waals surface area contributed by atoms with Crippen LogP contribution in [0.25, 0.3) is 0 Å². The summed E-state index contributed by atoms with van der Waals surface area (Å²) in [5.41, 5.74) is 1.75. The summed E-state index contributed by atoms with van der Waals surface area (Å²) in [4.78, 5) is 30.0. The molecule has 8 nitrogen and oxygen atoms in total. The first-order valence-corrected chi connectivity index (χ1v) is 17.6. The zero-order valence-corrected chi connectivity index (χ0v) is 28.9. The van der Waals surface area contributed by atoms with Crippen LogP contribution in [0.2, 0.25) is 10.0 Å². The molecule has 0 aliphatic carbocycles. The first kappa shape index (κ1) is 35.8. The second-order valence-electron chi connectivity index (χ2n) is 11.0. The zero-order chi connectivity index (χ0) is 34.0. The highest BCUT2D eigenvalue weighted by atomic mass is 35.5. The van der Waals surface area contributed by atoms with E-state index in [1.807, 2.05) is 44.2 Å². The van der Waals surface area contributed by atoms with Crippen molar-refractivity contribution in [2.45, 2.75) is 57.1 Å². The third-order valence-electron chi connectivity index (χ3n) is 7.65. The van der Waals surface area contributed by atoms with E-state index in [1.165, 1.54) is 29.2 Å². The minimum Gasteiger partial charge on any atom is -0.492 e. The molecule has 4 aromatic carbocycles. The van der Waals surface area contributed by atoms with Crippen molar-refractivity contribution >= 4 is 50.7 Å². The molecule has 2 amide bonds. The fourth-order valence-electron chi connectivity index (χ4n) is 4.97. The van der Waals surface area contributed by atoms with Crippen molar-refractivity contribution in [3.63, 3.8) is 0 Å². The van der Waals surface area contributed by atoms with E-state index < -0.39 is 28.5 Å². The van der Waals surface area contributed by atoms with Crippen LogP contribution in [0.15, 0.2) is 108 Å². The molecule has 248 valence electrons. The first-order chi connectivity index (χ1) is 22.5. The molecule has 0 heterocycles. The number of ether oxygens (including phenoxy) is 1. The average molecular weight is 697 g/mol. The predicted molar refractivity (Wildman–Crippen MR) is 187 cm³/mol. The number of hydrogen-bond acceptors (Lipinski definition) is 5. The van der Waals surface area contributed by atoms with Crippen LogP contribution in [0.5, 0.6) is 5.75 Å². The molecule has 0 bridgehead atoms. The Balaban J connectivity index is 1.84. The molecule has 1 N–H and O–H groups in total. The van der Waals surface area contributed by atoms with Crippen LogP contribution in [0.4, 0.5) is 5.69 Å². The number of carbonyl (C=O) groups excluding carboxylic acids is 2. The number of rotatable bonds is 15. The van der Waals surface area contributed by atoms with Gasteiger partial charge in [0.05, 0.1) is 17.2 Å². The lowest BCUT2D eigenvalue weighted by atomic mass is 10.0. The molecule has 0 unspecified atom stereocenters. The summed E-state index contributed by atoms with van der Waals surface area (Å²) in [5.74, 6) is -0.628. The van der Waals surface area contributed by atoms with Crippen molar-refractivity contribution in [3.05, 3.63) is 124 Å². The van der Waals surface area contributed by atoms with Crippen LogP contribution in [0.1, 0.15) is 38.3 Å². The fourth-order valence-corrected chi connectivity index (χ4v) is 6.65. The monoisotopic (exact) mass is 695 g/mol. The van der Waals surface area contributed by atoms with Crippen molar-refractivity contribution in [1.82, 2.24) is 10.2 Å². The van der Waals surface area contributed by atoms with Crippen molar-refractivity contribution in [1.29, 1.82) is 0 Å². The average Bonchev–Trinajstić information content (AvgIpc) is 3.07. The summed E-state index contributed by atoms with van der Waals surface area (Å²) in [6.45, 7) is 5.35. The van der Waals surface area contributed by atoms with E-state index in [-0.39, 0.29) is 42.1 Å². The molecule has 2 atom stereocenters. The molecular weight excluding hydrogens is 657 g/mol. The number of benzene rings is 4. The smallest absolute Gasteiger partial charge is 0.264 e. The highest BCUT2D eigenvalue weighted by molar-refractivity contribution is 7.92. The van der Waals surface area contributed by atoms with Gasteiger partial charge in [0.2, 0.25) is 11.8 Å². The summed E-state index contributed by atoms with van der Waals surface area (Å²) in [5, 5.41) is 3.92. The molecule has 0 fully saturated rings. The Bertz CT molecular complexity index is 1740. The molecule has 0 aliphatic heterocycles. The minimum atomic E-state index is -4.32. The lowest BCUT2D eigenvalue weighted by Gasteiger charge is -2.34. The van der Waals surface area contributed by atoms with E-state index in [2.05, 4.69) is 5.32 Å². The Morgan fingerprint density at radius 3 is 2.02 bits per heavy atom. The van der Waals surface area contributed by atoms with Crippen molar-refractivity contribution < 1.29 is 22.7 Å². The van der Waals surface area contributed by atoms with Crippen molar-refractivity contribution in [2.24, 2.45) is 0 Å². The standard InChI is InChI=1S/C36H39Cl2N3O5S/c1-4-26(3)39-36(43)33(23-27-11-7-6-8-12-27)40(24-28-15-17-29(37)18-16-28)35(42)25-41(32-13-9-10-14-34(32)46-5-2)47(44,45)31-21-19-30(38)20-22-31/h6-22,26,33H,4-5,23-25H2,1-3H3,(H,39,43)/t26-,33+/m0/s1. The van der Waals surface area contributed by atoms with Gasteiger partial charge >= 0.3 is 0 Å². The zero-order valence-electron chi connectivity index (χ0n) is 26.6. The molecule has 4 aromatic rings. The molecule has 0 saturated heterocycles. The van der Waals surface area contributed by atoms with Crippen molar-refractivity contribution in [2.75, 3.05) is 17.5 Å². The molecule has 4 rings (SSSR count). The summed E-state index contributed by atoms with van der Waals surface area (Å²) in [6, 6.07) is 27.7. The summed E-state index contributed by atoms with van der Waals surface area (Å²) < 4.78 is 35.4. The topological polar surface area (TPSA) is 96.0 Å². The molecule has 0 saturated carbocycles. The van der Waals surface area contributed by atoms with Crippen LogP contribution in [-0.2, 0) is 32.6 Å². The minimum absolute atomic E-state index is 0.0311. The number of sulfonamides is 1. The van der Waals surface area contributed by atoms with Gasteiger partial charge in [0, 0.05) is 29.1 Å². The number of halogens is 2. The number of hydrogen-bond donors (Lipinski definition) is 1. The van der Waals surface area contributed by atoms with Gasteiger partial charge < -0.3 is 15.0 Å². The van der Waals surface area contributed by atoms with Crippen molar-refractivity contribution in [3.8, 4) is 5.75 Å². The summed E-state index contributed by atoms with van der Waals surface area (Å²) in [7, 11) is -4.32. The first-order valence-electron chi connectivity index (χ1n) is 15.4. The Kier molecular flexibility index (Phi) is 12.7. The molecule has 0 aromatic heterocycles. The van der Waals surface area contributed by atoms with Crippen LogP contribution in [-0.4, -0.2) is 50.4 Å². The van der Waals surface area contributed by atoms with E-state index in [9.17, 15) is 18.0 Å². The number of anilines is 1. The largest absolute Gasteiger partial charge is 0.492 e. The lowest BCUT2D eigenvalue weighted by Crippen LogP contribution is -2.54. The molecule has 0 spiro atoms. The number of nitrogens with one attached hydrogen (secondary N) is 1. The fraction of sp³-hybridized carbons (Fsp3) is 0.278. The Hall–Kier alpha value is -4.05. The molecular formula is C36H39Cl2N3O5S. The molecule has 47 heavy (non-hydrogen) atoms. The van der Waals surface area contributed by atoms with Gasteiger partial charge in [-0.15, -0.1) is 0 Å². The molecule has 0 aliphatic rings. The SMILES string of the molecule is CCOc1ccccc1N(CC(=O)N(Cc1ccc(Cl)cc1)[C@H](Cc1ccccc1)C(=O)N[C@@H](C)CC)S(=O)(=O)c1ccc(Cl)cc1. The van der Waals surface area contributed by atoms with E-state index in [0.29, 0.717) is 22.2 Å². The second-order valence-corrected chi connectivity index (χ2v) is 13.8. The molecule has 0 radical (unpaired) electrons. The van der Waals surface area contributed by atoms with Gasteiger partial charge in [-0.05, 0) is 79.9 Å². The van der Waals surface area contributed by atoms with Gasteiger partial charge in [0.25, 0.3) is 10.0 Å². The van der Waals surface area contributed by atoms with Gasteiger partial charge in [0.15, 0.2) is 0 Å². The highest BCUT2D eigenvalue weighted by Gasteiger charge is 2.35. The van der Waals surface area contributed by atoms with E-state index >= 15 is 0 Å². The van der Waals surface area contributed by atoms with Crippen LogP contribution >= 0.6 is 23.2 Å². The Morgan fingerprint density at radius 1 is 0.809 bits per heavy atom. The van der Waals surface area contributed by atoms with Gasteiger partial charge in [0.1, 0.15) is 18.3 Å². The predicted octanol–water partition coefficient (Wildman–Crippen LogP) is 7.14. The van der Waals surface area contributed by atoms with E-state index in [1.54, 1.807) is 55.5 Å². The Morgan fingerprint density at radius 2 is 1.40 bits per heavy atom. The lowest BCUT2D eigenvalue weighted by molar-refractivity contribution is -0.140. The highest BCUT2D eigenvalue weighted by Crippen LogP contribution is 2.33. The third kappa shape index (κ3) is 9.50. The number of carbonyl (C=O) groups is 2. The van der Waals surface area contributed by atoms with Gasteiger partial charge in [-0.2, -0.15) is 0 Å².